The average molecular weight is 410 g/mol. The summed E-state index contributed by atoms with van der Waals surface area (Å²) in [5.74, 6) is 0. The summed E-state index contributed by atoms with van der Waals surface area (Å²) in [5.41, 5.74) is 0. The maximum absolute atomic E-state index is 7.56. The van der Waals surface area contributed by atoms with Gasteiger partial charge < -0.3 is 43.2 Å². The van der Waals surface area contributed by atoms with Gasteiger partial charge in [0.1, 0.15) is 0 Å². The van der Waals surface area contributed by atoms with Crippen LogP contribution in [0.25, 0.3) is 0 Å². The van der Waals surface area contributed by atoms with Crippen LogP contribution >= 0.6 is 13.4 Å². The number of hydrogen-bond acceptors (Lipinski definition) is 2. The van der Waals surface area contributed by atoms with Crippen LogP contribution in [0.4, 0.5) is 0 Å². The molecule has 0 spiro atoms. The molecule has 0 heterocycles. The van der Waals surface area contributed by atoms with E-state index in [0.29, 0.717) is 0 Å². The quantitative estimate of drug-likeness (QED) is 0.197. The summed E-state index contributed by atoms with van der Waals surface area (Å²) in [6.07, 6.45) is 2.00. The monoisotopic (exact) mass is 412 g/mol. The standard InChI is InChI=1S/2C3H7.Mo.2H3O3PS/c2*1-3-2;;2*1-4(2,3)5/h2*1,3H2,2H3;;2*(H3,1,2,3,5)/q2*-1;+2;;. The van der Waals surface area contributed by atoms with E-state index in [1.54, 1.807) is 0 Å². The molecule has 0 rings (SSSR count). The molecule has 11 heteroatoms. The van der Waals surface area contributed by atoms with Crippen molar-refractivity contribution in [3.63, 3.8) is 0 Å². The largest absolute Gasteiger partial charge is 2.00 e. The molecule has 17 heavy (non-hydrogen) atoms. The second-order valence-corrected chi connectivity index (χ2v) is 7.02. The van der Waals surface area contributed by atoms with Gasteiger partial charge in [-0.3, -0.25) is 0 Å². The summed E-state index contributed by atoms with van der Waals surface area (Å²) in [5, 5.41) is 0. The fourth-order valence-corrected chi connectivity index (χ4v) is 0. The van der Waals surface area contributed by atoms with Gasteiger partial charge in [-0.05, 0) is 23.6 Å². The molecule has 108 valence electrons. The van der Waals surface area contributed by atoms with Crippen molar-refractivity contribution in [3.05, 3.63) is 13.8 Å². The smallest absolute Gasteiger partial charge is 0.344 e. The molecule has 0 aliphatic rings. The molecule has 0 aliphatic heterocycles. The molecule has 0 aromatic rings. The molecule has 0 aromatic heterocycles. The van der Waals surface area contributed by atoms with Gasteiger partial charge in [-0.15, -0.1) is 0 Å². The van der Waals surface area contributed by atoms with Crippen LogP contribution < -0.4 is 0 Å². The molecule has 0 aliphatic carbocycles. The Kier molecular flexibility index (Phi) is 36.9. The molecule has 0 saturated heterocycles. The van der Waals surface area contributed by atoms with Crippen molar-refractivity contribution in [2.24, 2.45) is 0 Å². The molecule has 0 aromatic carbocycles. The van der Waals surface area contributed by atoms with E-state index in [9.17, 15) is 0 Å². The van der Waals surface area contributed by atoms with Crippen molar-refractivity contribution in [1.82, 2.24) is 0 Å². The van der Waals surface area contributed by atoms with Gasteiger partial charge in [-0.1, -0.05) is 13.8 Å². The minimum atomic E-state index is -3.81. The van der Waals surface area contributed by atoms with Gasteiger partial charge in [0.2, 0.25) is 0 Å². The molecule has 0 saturated carbocycles. The molecule has 0 radical (unpaired) electrons. The predicted octanol–water partition coefficient (Wildman–Crippen LogP) is 0.834. The predicted molar refractivity (Wildman–Crippen MR) is 73.2 cm³/mol. The normalized spacial score (nSPS) is 9.06. The Morgan fingerprint density at radius 1 is 0.765 bits per heavy atom. The van der Waals surface area contributed by atoms with Crippen molar-refractivity contribution in [1.29, 1.82) is 0 Å². The van der Waals surface area contributed by atoms with Gasteiger partial charge in [-0.2, -0.15) is 12.8 Å². The molecule has 0 bridgehead atoms. The van der Waals surface area contributed by atoms with Gasteiger partial charge in [0.15, 0.2) is 0 Å². The van der Waals surface area contributed by atoms with Crippen LogP contribution in [0.1, 0.15) is 26.7 Å². The third-order valence-corrected chi connectivity index (χ3v) is 0. The second-order valence-electron chi connectivity index (χ2n) is 2.03. The van der Waals surface area contributed by atoms with Crippen molar-refractivity contribution < 1.29 is 50.4 Å². The van der Waals surface area contributed by atoms with Crippen LogP contribution in [-0.4, -0.2) is 29.4 Å². The Labute approximate surface area is 127 Å². The van der Waals surface area contributed by atoms with Crippen LogP contribution in [0.2, 0.25) is 0 Å². The number of hydrogen-bond donors (Lipinski definition) is 6. The zero-order valence-electron chi connectivity index (χ0n) is 9.63. The molecule has 0 atom stereocenters. The van der Waals surface area contributed by atoms with Gasteiger partial charge >= 0.3 is 34.5 Å². The van der Waals surface area contributed by atoms with Gasteiger partial charge in [0.25, 0.3) is 0 Å². The first-order valence-electron chi connectivity index (χ1n) is 3.98. The third kappa shape index (κ3) is 1440. The summed E-state index contributed by atoms with van der Waals surface area (Å²) in [4.78, 5) is 45.3. The van der Waals surface area contributed by atoms with Crippen LogP contribution in [0.3, 0.4) is 0 Å². The molecule has 6 nitrogen and oxygen atoms in total. The maximum atomic E-state index is 7.56. The van der Waals surface area contributed by atoms with Crippen LogP contribution in [0, 0.1) is 13.8 Å². The first-order chi connectivity index (χ1) is 6.83. The molecule has 6 N–H and O–H groups in total. The fraction of sp³-hybridized carbons (Fsp3) is 0.667. The van der Waals surface area contributed by atoms with E-state index in [1.165, 1.54) is 0 Å². The first-order valence-corrected chi connectivity index (χ1v) is 9.30. The second kappa shape index (κ2) is 20.1. The topological polar surface area (TPSA) is 121 Å². The Morgan fingerprint density at radius 2 is 0.765 bits per heavy atom. The SMILES string of the molecule is OP(O)(O)=S.OP(O)(O)=S.[CH2-]CC.[CH2-]CC.[Mo+2]. The maximum Gasteiger partial charge on any atom is 2.00 e. The van der Waals surface area contributed by atoms with Gasteiger partial charge in [0.05, 0.1) is 0 Å². The van der Waals surface area contributed by atoms with Gasteiger partial charge in [0, 0.05) is 0 Å². The first kappa shape index (κ1) is 31.2. The van der Waals surface area contributed by atoms with Crippen molar-refractivity contribution in [2.45, 2.75) is 26.7 Å². The Morgan fingerprint density at radius 3 is 0.765 bits per heavy atom. The molecule has 0 amide bonds. The van der Waals surface area contributed by atoms with E-state index < -0.39 is 13.4 Å². The van der Waals surface area contributed by atoms with E-state index in [1.807, 2.05) is 13.8 Å². The summed E-state index contributed by atoms with van der Waals surface area (Å²) < 4.78 is 0. The van der Waals surface area contributed by atoms with E-state index in [4.69, 9.17) is 29.4 Å². The summed E-state index contributed by atoms with van der Waals surface area (Å²) >= 11 is 7.21. The van der Waals surface area contributed by atoms with E-state index in [0.717, 1.165) is 12.8 Å². The minimum absolute atomic E-state index is 0. The zero-order chi connectivity index (χ0) is 14.4. The minimum Gasteiger partial charge on any atom is -0.344 e. The Hall–Kier alpha value is 1.75. The van der Waals surface area contributed by atoms with Gasteiger partial charge in [-0.25, -0.2) is 0 Å². The van der Waals surface area contributed by atoms with E-state index in [-0.39, 0.29) is 21.1 Å². The molecule has 0 unspecified atom stereocenters. The van der Waals surface area contributed by atoms with Crippen LogP contribution in [-0.2, 0) is 44.7 Å². The van der Waals surface area contributed by atoms with Crippen molar-refractivity contribution >= 4 is 37.1 Å². The zero-order valence-corrected chi connectivity index (χ0v) is 15.1. The van der Waals surface area contributed by atoms with Crippen molar-refractivity contribution in [2.75, 3.05) is 0 Å². The van der Waals surface area contributed by atoms with Crippen LogP contribution in [0.5, 0.6) is 0 Å². The molecular weight excluding hydrogens is 390 g/mol. The molecular formula is C6H20MoO6P2S2. The summed E-state index contributed by atoms with van der Waals surface area (Å²) in [7, 11) is 0. The molecule has 0 fully saturated rings. The average Bonchev–Trinajstić information content (AvgIpc) is 1.79. The Balaban J connectivity index is -0.0000000381. The Bertz CT molecular complexity index is 168. The summed E-state index contributed by atoms with van der Waals surface area (Å²) in [6, 6.07) is 0. The van der Waals surface area contributed by atoms with E-state index in [2.05, 4.69) is 37.5 Å². The number of rotatable bonds is 0. The van der Waals surface area contributed by atoms with E-state index >= 15 is 0 Å². The third-order valence-electron chi connectivity index (χ3n) is 0. The fourth-order valence-electron chi connectivity index (χ4n) is 0. The summed E-state index contributed by atoms with van der Waals surface area (Å²) in [6.45, 7) is 3.39. The van der Waals surface area contributed by atoms with Crippen LogP contribution in [0.15, 0.2) is 0 Å². The van der Waals surface area contributed by atoms with Crippen molar-refractivity contribution in [3.8, 4) is 0 Å².